The van der Waals surface area contributed by atoms with Gasteiger partial charge in [-0.25, -0.2) is 9.97 Å². The maximum atomic E-state index is 5.61. The molecule has 0 aliphatic carbocycles. The van der Waals surface area contributed by atoms with Gasteiger partial charge >= 0.3 is 0 Å². The van der Waals surface area contributed by atoms with Crippen LogP contribution in [-0.4, -0.2) is 9.97 Å². The van der Waals surface area contributed by atoms with Crippen LogP contribution in [-0.2, 0) is 19.5 Å². The first-order valence-corrected chi connectivity index (χ1v) is 6.64. The highest BCUT2D eigenvalue weighted by Gasteiger charge is 1.98. The Morgan fingerprint density at radius 3 is 2.47 bits per heavy atom. The van der Waals surface area contributed by atoms with E-state index in [0.29, 0.717) is 12.4 Å². The molecule has 0 bridgehead atoms. The zero-order chi connectivity index (χ0) is 13.5. The summed E-state index contributed by atoms with van der Waals surface area (Å²) in [6.07, 6.45) is 4.01. The molecule has 1 aromatic heterocycles. The number of nitrogens with one attached hydrogen (secondary N) is 1. The van der Waals surface area contributed by atoms with Crippen LogP contribution in [0.2, 0.25) is 0 Å². The molecule has 0 aliphatic heterocycles. The number of nitrogens with two attached hydrogens (primary N) is 1. The Bertz CT molecular complexity index is 508. The summed E-state index contributed by atoms with van der Waals surface area (Å²) in [4.78, 5) is 8.30. The average molecular weight is 256 g/mol. The van der Waals surface area contributed by atoms with Crippen LogP contribution in [0.25, 0.3) is 0 Å². The van der Waals surface area contributed by atoms with Gasteiger partial charge in [0, 0.05) is 12.7 Å². The molecule has 2 aromatic rings. The van der Waals surface area contributed by atoms with Gasteiger partial charge in [0.15, 0.2) is 0 Å². The zero-order valence-electron chi connectivity index (χ0n) is 11.3. The fraction of sp³-hybridized carbons (Fsp3) is 0.333. The summed E-state index contributed by atoms with van der Waals surface area (Å²) in [5, 5.41) is 3.32. The maximum Gasteiger partial charge on any atom is 0.144 e. The minimum atomic E-state index is 0.510. The van der Waals surface area contributed by atoms with E-state index in [2.05, 4.69) is 46.5 Å². The third-order valence-electron chi connectivity index (χ3n) is 2.90. The third kappa shape index (κ3) is 4.34. The van der Waals surface area contributed by atoms with Gasteiger partial charge in [-0.3, -0.25) is 0 Å². The van der Waals surface area contributed by atoms with E-state index in [9.17, 15) is 0 Å². The van der Waals surface area contributed by atoms with Crippen LogP contribution in [0.5, 0.6) is 0 Å². The Morgan fingerprint density at radius 2 is 1.79 bits per heavy atom. The first-order chi connectivity index (χ1) is 9.28. The lowest BCUT2D eigenvalue weighted by Crippen LogP contribution is -2.15. The molecule has 0 fully saturated rings. The molecule has 100 valence electrons. The van der Waals surface area contributed by atoms with E-state index in [4.69, 9.17) is 5.73 Å². The molecule has 2 rings (SSSR count). The normalized spacial score (nSPS) is 10.6. The summed E-state index contributed by atoms with van der Waals surface area (Å²) in [6.45, 7) is 3.63. The third-order valence-corrected chi connectivity index (χ3v) is 2.90. The van der Waals surface area contributed by atoms with Crippen molar-refractivity contribution in [2.75, 3.05) is 5.73 Å². The van der Waals surface area contributed by atoms with Crippen molar-refractivity contribution in [3.63, 3.8) is 0 Å². The van der Waals surface area contributed by atoms with Crippen LogP contribution < -0.4 is 11.1 Å². The fourth-order valence-electron chi connectivity index (χ4n) is 1.93. The van der Waals surface area contributed by atoms with Gasteiger partial charge in [0.25, 0.3) is 0 Å². The lowest BCUT2D eigenvalue weighted by molar-refractivity contribution is 0.663. The first-order valence-electron chi connectivity index (χ1n) is 6.64. The summed E-state index contributed by atoms with van der Waals surface area (Å²) in [5.74, 6) is 1.23. The van der Waals surface area contributed by atoms with Crippen LogP contribution in [0.3, 0.4) is 0 Å². The molecule has 0 radical (unpaired) electrons. The number of aromatic nitrogens is 2. The highest BCUT2D eigenvalue weighted by Crippen LogP contribution is 2.06. The Morgan fingerprint density at radius 1 is 1.05 bits per heavy atom. The van der Waals surface area contributed by atoms with Crippen molar-refractivity contribution in [3.05, 3.63) is 53.5 Å². The number of aryl methyl sites for hydroxylation is 1. The van der Waals surface area contributed by atoms with E-state index in [-0.39, 0.29) is 0 Å². The van der Waals surface area contributed by atoms with Crippen molar-refractivity contribution >= 4 is 5.82 Å². The highest BCUT2D eigenvalue weighted by atomic mass is 15.0. The standard InChI is InChI=1S/C15H20N4/c1-2-3-12-4-6-13(7-5-12)10-17-11-15-18-9-8-14(16)19-15/h4-9,17H,2-3,10-11H2,1H3,(H2,16,18,19). The molecule has 0 atom stereocenters. The molecule has 4 heteroatoms. The van der Waals surface area contributed by atoms with Gasteiger partial charge in [0.1, 0.15) is 11.6 Å². The van der Waals surface area contributed by atoms with E-state index >= 15 is 0 Å². The number of nitrogens with zero attached hydrogens (tertiary/aromatic N) is 2. The van der Waals surface area contributed by atoms with E-state index < -0.39 is 0 Å². The number of hydrogen-bond donors (Lipinski definition) is 2. The van der Waals surface area contributed by atoms with Crippen molar-refractivity contribution in [1.82, 2.24) is 15.3 Å². The molecular formula is C15H20N4. The van der Waals surface area contributed by atoms with Crippen molar-refractivity contribution in [3.8, 4) is 0 Å². The Balaban J connectivity index is 1.82. The summed E-state index contributed by atoms with van der Waals surface area (Å²) in [7, 11) is 0. The van der Waals surface area contributed by atoms with Crippen molar-refractivity contribution in [2.24, 2.45) is 0 Å². The second kappa shape index (κ2) is 6.85. The first kappa shape index (κ1) is 13.5. The second-order valence-corrected chi connectivity index (χ2v) is 4.57. The van der Waals surface area contributed by atoms with Crippen molar-refractivity contribution < 1.29 is 0 Å². The summed E-state index contributed by atoms with van der Waals surface area (Å²) >= 11 is 0. The Labute approximate surface area is 114 Å². The molecule has 0 spiro atoms. The molecule has 0 saturated carbocycles. The molecule has 4 nitrogen and oxygen atoms in total. The van der Waals surface area contributed by atoms with Crippen LogP contribution in [0, 0.1) is 0 Å². The predicted molar refractivity (Wildman–Crippen MR) is 77.4 cm³/mol. The van der Waals surface area contributed by atoms with Gasteiger partial charge in [0.05, 0.1) is 6.54 Å². The van der Waals surface area contributed by atoms with Crippen LogP contribution in [0.1, 0.15) is 30.3 Å². The van der Waals surface area contributed by atoms with Crippen LogP contribution in [0.15, 0.2) is 36.5 Å². The number of hydrogen-bond acceptors (Lipinski definition) is 4. The van der Waals surface area contributed by atoms with Crippen molar-refractivity contribution in [2.45, 2.75) is 32.9 Å². The van der Waals surface area contributed by atoms with Crippen LogP contribution in [0.4, 0.5) is 5.82 Å². The van der Waals surface area contributed by atoms with Gasteiger partial charge in [-0.05, 0) is 23.6 Å². The molecule has 1 aromatic carbocycles. The topological polar surface area (TPSA) is 63.8 Å². The van der Waals surface area contributed by atoms with Crippen LogP contribution >= 0.6 is 0 Å². The number of rotatable bonds is 6. The number of nitrogen functional groups attached to an aromatic ring is 1. The molecule has 3 N–H and O–H groups in total. The second-order valence-electron chi connectivity index (χ2n) is 4.57. The molecule has 1 heterocycles. The SMILES string of the molecule is CCCc1ccc(CNCc2nccc(N)n2)cc1. The molecule has 0 amide bonds. The van der Waals surface area contributed by atoms with Gasteiger partial charge in [-0.15, -0.1) is 0 Å². The number of benzene rings is 1. The molecular weight excluding hydrogens is 236 g/mol. The number of anilines is 1. The van der Waals surface area contributed by atoms with E-state index in [0.717, 1.165) is 18.8 Å². The lowest BCUT2D eigenvalue weighted by atomic mass is 10.1. The van der Waals surface area contributed by atoms with Gasteiger partial charge < -0.3 is 11.1 Å². The molecule has 0 unspecified atom stereocenters. The Hall–Kier alpha value is -1.94. The zero-order valence-corrected chi connectivity index (χ0v) is 11.3. The van der Waals surface area contributed by atoms with Gasteiger partial charge in [-0.2, -0.15) is 0 Å². The molecule has 0 aliphatic rings. The predicted octanol–water partition coefficient (Wildman–Crippen LogP) is 2.30. The van der Waals surface area contributed by atoms with E-state index in [1.165, 1.54) is 17.5 Å². The summed E-state index contributed by atoms with van der Waals surface area (Å²) < 4.78 is 0. The fourth-order valence-corrected chi connectivity index (χ4v) is 1.93. The Kier molecular flexibility index (Phi) is 4.86. The molecule has 19 heavy (non-hydrogen) atoms. The lowest BCUT2D eigenvalue weighted by Gasteiger charge is -2.05. The highest BCUT2D eigenvalue weighted by molar-refractivity contribution is 5.25. The van der Waals surface area contributed by atoms with E-state index in [1.54, 1.807) is 12.3 Å². The molecule has 0 saturated heterocycles. The monoisotopic (exact) mass is 256 g/mol. The smallest absolute Gasteiger partial charge is 0.144 e. The minimum absolute atomic E-state index is 0.510. The average Bonchev–Trinajstić information content (AvgIpc) is 2.41. The quantitative estimate of drug-likeness (QED) is 0.832. The maximum absolute atomic E-state index is 5.61. The van der Waals surface area contributed by atoms with E-state index in [1.807, 2.05) is 0 Å². The minimum Gasteiger partial charge on any atom is -0.384 e. The van der Waals surface area contributed by atoms with Crippen molar-refractivity contribution in [1.29, 1.82) is 0 Å². The summed E-state index contributed by atoms with van der Waals surface area (Å²) in [5.41, 5.74) is 8.27. The largest absolute Gasteiger partial charge is 0.384 e. The van der Waals surface area contributed by atoms with Gasteiger partial charge in [0.2, 0.25) is 0 Å². The summed E-state index contributed by atoms with van der Waals surface area (Å²) in [6, 6.07) is 10.4. The van der Waals surface area contributed by atoms with Gasteiger partial charge in [-0.1, -0.05) is 37.6 Å².